The van der Waals surface area contributed by atoms with Gasteiger partial charge in [0.2, 0.25) is 17.7 Å². The van der Waals surface area contributed by atoms with Crippen molar-refractivity contribution >= 4 is 52.2 Å². The highest BCUT2D eigenvalue weighted by molar-refractivity contribution is 8.00. The van der Waals surface area contributed by atoms with Crippen molar-refractivity contribution in [3.05, 3.63) is 110 Å². The zero-order chi connectivity index (χ0) is 32.3. The van der Waals surface area contributed by atoms with E-state index in [1.165, 1.54) is 10.6 Å². The molecule has 4 aromatic rings. The number of rotatable bonds is 5. The first-order chi connectivity index (χ1) is 21.2. The Kier molecular flexibility index (Phi) is 7.77. The number of carbonyl (C=O) groups is 3. The van der Waals surface area contributed by atoms with Crippen LogP contribution in [0.1, 0.15) is 48.3 Å². The summed E-state index contributed by atoms with van der Waals surface area (Å²) in [6.07, 6.45) is -4.67. The summed E-state index contributed by atoms with van der Waals surface area (Å²) in [5, 5.41) is 2.13. The maximum atomic E-state index is 14.1. The smallest absolute Gasteiger partial charge is 0.325 e. The van der Waals surface area contributed by atoms with E-state index in [4.69, 9.17) is 0 Å². The van der Waals surface area contributed by atoms with Crippen molar-refractivity contribution in [3.8, 4) is 0 Å². The van der Waals surface area contributed by atoms with Crippen molar-refractivity contribution in [2.75, 3.05) is 10.2 Å². The molecule has 12 heteroatoms. The molecule has 3 aromatic carbocycles. The third-order valence-electron chi connectivity index (χ3n) is 7.98. The maximum absolute atomic E-state index is 14.1. The number of aromatic nitrogens is 1. The lowest BCUT2D eigenvalue weighted by molar-refractivity contribution is -0.137. The van der Waals surface area contributed by atoms with E-state index in [0.29, 0.717) is 21.2 Å². The molecule has 3 heterocycles. The van der Waals surface area contributed by atoms with Gasteiger partial charge in [-0.3, -0.25) is 23.7 Å². The lowest BCUT2D eigenvalue weighted by Gasteiger charge is -2.31. The number of hydrogen-bond donors (Lipinski definition) is 1. The van der Waals surface area contributed by atoms with Crippen molar-refractivity contribution in [2.45, 2.75) is 55.1 Å². The molecule has 0 radical (unpaired) electrons. The summed E-state index contributed by atoms with van der Waals surface area (Å²) in [6, 6.07) is 20.5. The minimum absolute atomic E-state index is 0.158. The quantitative estimate of drug-likeness (QED) is 0.244. The number of halogens is 3. The molecule has 2 aliphatic rings. The highest BCUT2D eigenvalue weighted by Crippen LogP contribution is 2.54. The molecule has 0 saturated carbocycles. The molecule has 232 valence electrons. The predicted molar refractivity (Wildman–Crippen MR) is 168 cm³/mol. The number of carbonyl (C=O) groups excluding carboxylic acids is 3. The topological polar surface area (TPSA) is 88.5 Å². The molecule has 1 fully saturated rings. The molecule has 0 spiro atoms. The van der Waals surface area contributed by atoms with Crippen molar-refractivity contribution in [2.24, 2.45) is 5.92 Å². The van der Waals surface area contributed by atoms with Gasteiger partial charge in [-0.1, -0.05) is 92.4 Å². The summed E-state index contributed by atoms with van der Waals surface area (Å²) < 4.78 is 42.0. The number of hydrogen-bond acceptors (Lipinski definition) is 6. The average Bonchev–Trinajstić information content (AvgIpc) is 3.43. The van der Waals surface area contributed by atoms with Crippen LogP contribution >= 0.6 is 23.1 Å². The van der Waals surface area contributed by atoms with E-state index in [1.807, 2.05) is 24.3 Å². The number of imide groups is 1. The highest BCUT2D eigenvalue weighted by Gasteiger charge is 2.57. The summed E-state index contributed by atoms with van der Waals surface area (Å²) in [4.78, 5) is 55.3. The van der Waals surface area contributed by atoms with Crippen LogP contribution in [0.3, 0.4) is 0 Å². The number of anilines is 2. The van der Waals surface area contributed by atoms with Gasteiger partial charge in [0.05, 0.1) is 22.2 Å². The Bertz CT molecular complexity index is 1860. The standard InChI is InChI=1S/C33H28F3N3O4S2/c1-32(2,3)19-14-12-18(13-15-19)24-25-26(29(42)39(28(25)41)22-11-7-8-20(16-22)33(34,35)36)44-30-27(24)45-31(43)38(30)17-23(40)37-21-9-5-4-6-10-21/h4-16,24-26H,17H2,1-3H3,(H,37,40)/t24-,25?,26?/m0/s1. The zero-order valence-electron chi connectivity index (χ0n) is 24.4. The fourth-order valence-corrected chi connectivity index (χ4v) is 8.52. The van der Waals surface area contributed by atoms with Crippen molar-refractivity contribution < 1.29 is 27.6 Å². The molecule has 2 aliphatic heterocycles. The minimum Gasteiger partial charge on any atom is -0.325 e. The molecule has 1 N–H and O–H groups in total. The summed E-state index contributed by atoms with van der Waals surface area (Å²) in [5.74, 6) is -3.47. The van der Waals surface area contributed by atoms with Gasteiger partial charge in [-0.15, -0.1) is 0 Å². The summed E-state index contributed by atoms with van der Waals surface area (Å²) in [5.41, 5.74) is 0.977. The molecule has 45 heavy (non-hydrogen) atoms. The van der Waals surface area contributed by atoms with Gasteiger partial charge >= 0.3 is 11.0 Å². The molecule has 1 aromatic heterocycles. The van der Waals surface area contributed by atoms with Crippen LogP contribution in [0.15, 0.2) is 88.7 Å². The van der Waals surface area contributed by atoms with E-state index in [-0.39, 0.29) is 17.6 Å². The monoisotopic (exact) mass is 651 g/mol. The average molecular weight is 652 g/mol. The van der Waals surface area contributed by atoms with Crippen molar-refractivity contribution in [1.82, 2.24) is 4.57 Å². The summed E-state index contributed by atoms with van der Waals surface area (Å²) in [6.45, 7) is 5.86. The Hall–Kier alpha value is -4.16. The first-order valence-electron chi connectivity index (χ1n) is 14.1. The molecule has 0 bridgehead atoms. The SMILES string of the molecule is CC(C)(C)c1ccc([C@@H]2c3sc(=O)n(CC(=O)Nc4ccccc4)c3SC3C(=O)N(c4cccc(C(F)(F)F)c4)C(=O)C32)cc1. The third kappa shape index (κ3) is 5.72. The Balaban J connectivity index is 1.43. The van der Waals surface area contributed by atoms with E-state index < -0.39 is 51.4 Å². The van der Waals surface area contributed by atoms with Crippen LogP contribution in [-0.4, -0.2) is 27.5 Å². The van der Waals surface area contributed by atoms with Gasteiger partial charge in [0.1, 0.15) is 11.8 Å². The second kappa shape index (κ2) is 11.3. The van der Waals surface area contributed by atoms with Crippen LogP contribution in [0.2, 0.25) is 0 Å². The molecule has 2 unspecified atom stereocenters. The Morgan fingerprint density at radius 2 is 1.56 bits per heavy atom. The lowest BCUT2D eigenvalue weighted by Crippen LogP contribution is -2.33. The number of benzene rings is 3. The van der Waals surface area contributed by atoms with E-state index in [9.17, 15) is 32.3 Å². The fraction of sp³-hybridized carbons (Fsp3) is 0.273. The summed E-state index contributed by atoms with van der Waals surface area (Å²) in [7, 11) is 0. The van der Waals surface area contributed by atoms with E-state index in [1.54, 1.807) is 30.3 Å². The van der Waals surface area contributed by atoms with Gasteiger partial charge in [-0.05, 0) is 46.9 Å². The molecule has 6 rings (SSSR count). The maximum Gasteiger partial charge on any atom is 0.416 e. The number of nitrogens with one attached hydrogen (secondary N) is 1. The van der Waals surface area contributed by atoms with Crippen LogP contribution in [0.25, 0.3) is 0 Å². The fourth-order valence-electron chi connectivity index (χ4n) is 5.75. The number of thiazole rings is 1. The Morgan fingerprint density at radius 3 is 2.20 bits per heavy atom. The van der Waals surface area contributed by atoms with Crippen LogP contribution in [-0.2, 0) is 32.5 Å². The van der Waals surface area contributed by atoms with E-state index >= 15 is 0 Å². The van der Waals surface area contributed by atoms with E-state index in [0.717, 1.165) is 51.8 Å². The molecular weight excluding hydrogens is 624 g/mol. The molecular formula is C33H28F3N3O4S2. The predicted octanol–water partition coefficient (Wildman–Crippen LogP) is 6.66. The van der Waals surface area contributed by atoms with Gasteiger partial charge in [0.15, 0.2) is 0 Å². The number of fused-ring (bicyclic) bond motifs is 2. The number of amides is 3. The zero-order valence-corrected chi connectivity index (χ0v) is 26.1. The second-order valence-electron chi connectivity index (χ2n) is 12.0. The summed E-state index contributed by atoms with van der Waals surface area (Å²) >= 11 is 1.92. The van der Waals surface area contributed by atoms with Gasteiger partial charge < -0.3 is 5.32 Å². The molecule has 1 saturated heterocycles. The van der Waals surface area contributed by atoms with Crippen LogP contribution in [0.4, 0.5) is 24.5 Å². The number of para-hydroxylation sites is 1. The molecule has 3 atom stereocenters. The Morgan fingerprint density at radius 1 is 0.867 bits per heavy atom. The molecule has 0 aliphatic carbocycles. The van der Waals surface area contributed by atoms with Crippen LogP contribution in [0.5, 0.6) is 0 Å². The normalized spacial score (nSPS) is 19.8. The molecule has 7 nitrogen and oxygen atoms in total. The largest absolute Gasteiger partial charge is 0.416 e. The second-order valence-corrected chi connectivity index (χ2v) is 14.1. The number of alkyl halides is 3. The molecule has 3 amide bonds. The van der Waals surface area contributed by atoms with Crippen molar-refractivity contribution in [3.63, 3.8) is 0 Å². The van der Waals surface area contributed by atoms with Gasteiger partial charge in [-0.25, -0.2) is 4.90 Å². The number of nitrogens with zero attached hydrogens (tertiary/aromatic N) is 2. The van der Waals surface area contributed by atoms with Gasteiger partial charge in [0.25, 0.3) is 0 Å². The first kappa shape index (κ1) is 30.8. The van der Waals surface area contributed by atoms with Crippen LogP contribution in [0, 0.1) is 5.92 Å². The number of thioether (sulfide) groups is 1. The Labute approximate surface area is 265 Å². The van der Waals surface area contributed by atoms with Crippen LogP contribution < -0.4 is 15.1 Å². The minimum atomic E-state index is -4.67. The van der Waals surface area contributed by atoms with Crippen molar-refractivity contribution in [1.29, 1.82) is 0 Å². The van der Waals surface area contributed by atoms with E-state index in [2.05, 4.69) is 26.1 Å². The third-order valence-corrected chi connectivity index (χ3v) is 10.6. The van der Waals surface area contributed by atoms with Gasteiger partial charge in [-0.2, -0.15) is 13.2 Å². The first-order valence-corrected chi connectivity index (χ1v) is 15.8. The highest BCUT2D eigenvalue weighted by atomic mass is 32.2. The van der Waals surface area contributed by atoms with Gasteiger partial charge in [0, 0.05) is 16.5 Å². The lowest BCUT2D eigenvalue weighted by atomic mass is 9.81.